The topological polar surface area (TPSA) is 132 Å². The molecular formula is C20H21N7O3S. The van der Waals surface area contributed by atoms with Crippen molar-refractivity contribution >= 4 is 17.2 Å². The second kappa shape index (κ2) is 8.26. The number of aromatic nitrogens is 6. The number of benzene rings is 1. The van der Waals surface area contributed by atoms with Crippen LogP contribution in [0.4, 0.5) is 0 Å². The third kappa shape index (κ3) is 4.45. The van der Waals surface area contributed by atoms with Crippen LogP contribution in [-0.4, -0.2) is 43.3 Å². The highest BCUT2D eigenvalue weighted by molar-refractivity contribution is 7.13. The zero-order valence-corrected chi connectivity index (χ0v) is 18.2. The van der Waals surface area contributed by atoms with Gasteiger partial charge in [-0.15, -0.1) is 11.3 Å². The van der Waals surface area contributed by atoms with Gasteiger partial charge in [0.25, 0.3) is 5.91 Å². The lowest BCUT2D eigenvalue weighted by Gasteiger charge is -2.28. The van der Waals surface area contributed by atoms with Crippen LogP contribution in [0, 0.1) is 5.41 Å². The summed E-state index contributed by atoms with van der Waals surface area (Å²) in [6, 6.07) is 6.98. The Bertz CT molecular complexity index is 1160. The van der Waals surface area contributed by atoms with E-state index in [9.17, 15) is 4.79 Å². The molecule has 2 N–H and O–H groups in total. The Morgan fingerprint density at radius 2 is 2.00 bits per heavy atom. The van der Waals surface area contributed by atoms with Crippen molar-refractivity contribution in [3.63, 3.8) is 0 Å². The van der Waals surface area contributed by atoms with Gasteiger partial charge >= 0.3 is 0 Å². The summed E-state index contributed by atoms with van der Waals surface area (Å²) in [4.78, 5) is 25.8. The second-order valence-corrected chi connectivity index (χ2v) is 8.69. The van der Waals surface area contributed by atoms with Crippen LogP contribution in [0.15, 0.2) is 40.5 Å². The van der Waals surface area contributed by atoms with Gasteiger partial charge in [0, 0.05) is 10.9 Å². The molecule has 31 heavy (non-hydrogen) atoms. The van der Waals surface area contributed by atoms with E-state index in [2.05, 4.69) is 35.6 Å². The van der Waals surface area contributed by atoms with Crippen LogP contribution in [0.3, 0.4) is 0 Å². The Morgan fingerprint density at radius 1 is 1.23 bits per heavy atom. The van der Waals surface area contributed by atoms with Gasteiger partial charge in [0.15, 0.2) is 5.82 Å². The molecule has 1 amide bonds. The molecule has 3 heterocycles. The van der Waals surface area contributed by atoms with Gasteiger partial charge in [0.05, 0.1) is 7.11 Å². The molecule has 1 aromatic carbocycles. The maximum atomic E-state index is 13.0. The molecule has 10 nitrogen and oxygen atoms in total. The van der Waals surface area contributed by atoms with E-state index in [1.165, 1.54) is 17.7 Å². The third-order valence-corrected chi connectivity index (χ3v) is 5.42. The maximum Gasteiger partial charge on any atom is 0.271 e. The van der Waals surface area contributed by atoms with Gasteiger partial charge < -0.3 is 14.6 Å². The summed E-state index contributed by atoms with van der Waals surface area (Å²) in [6.45, 7) is 5.92. The van der Waals surface area contributed by atoms with E-state index in [1.54, 1.807) is 12.5 Å². The van der Waals surface area contributed by atoms with E-state index >= 15 is 0 Å². The van der Waals surface area contributed by atoms with Crippen molar-refractivity contribution in [2.75, 3.05) is 7.11 Å². The molecule has 1 atom stereocenters. The Kier molecular flexibility index (Phi) is 5.51. The van der Waals surface area contributed by atoms with Crippen LogP contribution < -0.4 is 10.1 Å². The number of carbonyl (C=O) groups is 1. The van der Waals surface area contributed by atoms with Gasteiger partial charge in [0.1, 0.15) is 28.8 Å². The summed E-state index contributed by atoms with van der Waals surface area (Å²) in [5, 5.41) is 15.8. The van der Waals surface area contributed by atoms with Gasteiger partial charge in [-0.3, -0.25) is 9.89 Å². The minimum atomic E-state index is -0.532. The quantitative estimate of drug-likeness (QED) is 0.466. The molecule has 0 saturated heterocycles. The molecule has 0 fully saturated rings. The number of H-pyrrole nitrogens is 1. The summed E-state index contributed by atoms with van der Waals surface area (Å²) in [7, 11) is 1.62. The third-order valence-electron chi connectivity index (χ3n) is 4.53. The molecule has 4 rings (SSSR count). The number of carbonyl (C=O) groups excluding carboxylic acids is 1. The zero-order chi connectivity index (χ0) is 22.0. The number of nitrogens with zero attached hydrogens (tertiary/aromatic N) is 5. The highest BCUT2D eigenvalue weighted by Crippen LogP contribution is 2.33. The van der Waals surface area contributed by atoms with E-state index in [-0.39, 0.29) is 17.6 Å². The average Bonchev–Trinajstić information content (AvgIpc) is 3.52. The molecule has 160 valence electrons. The van der Waals surface area contributed by atoms with Crippen LogP contribution in [0.25, 0.3) is 22.2 Å². The lowest BCUT2D eigenvalue weighted by atomic mass is 9.86. The summed E-state index contributed by atoms with van der Waals surface area (Å²) < 4.78 is 10.6. The minimum Gasteiger partial charge on any atom is -0.497 e. The smallest absolute Gasteiger partial charge is 0.271 e. The van der Waals surface area contributed by atoms with Crippen LogP contribution in [0.5, 0.6) is 5.75 Å². The van der Waals surface area contributed by atoms with E-state index in [0.29, 0.717) is 11.5 Å². The van der Waals surface area contributed by atoms with E-state index in [1.807, 2.05) is 45.0 Å². The summed E-state index contributed by atoms with van der Waals surface area (Å²) >= 11 is 1.39. The lowest BCUT2D eigenvalue weighted by Crippen LogP contribution is -2.37. The molecule has 0 unspecified atom stereocenters. The Balaban J connectivity index is 1.54. The highest BCUT2D eigenvalue weighted by Gasteiger charge is 2.34. The largest absolute Gasteiger partial charge is 0.497 e. The molecule has 0 bridgehead atoms. The minimum absolute atomic E-state index is 0.270. The number of hydrogen-bond acceptors (Lipinski definition) is 9. The van der Waals surface area contributed by atoms with Gasteiger partial charge in [-0.2, -0.15) is 10.1 Å². The molecule has 0 aliphatic rings. The zero-order valence-electron chi connectivity index (χ0n) is 17.4. The number of thiazole rings is 1. The molecular weight excluding hydrogens is 418 g/mol. The van der Waals surface area contributed by atoms with Crippen molar-refractivity contribution < 1.29 is 14.1 Å². The van der Waals surface area contributed by atoms with Crippen molar-refractivity contribution in [2.24, 2.45) is 5.41 Å². The van der Waals surface area contributed by atoms with Gasteiger partial charge in [-0.25, -0.2) is 9.97 Å². The number of hydrogen-bond donors (Lipinski definition) is 2. The fraction of sp³-hybridized carbons (Fsp3) is 0.300. The summed E-state index contributed by atoms with van der Waals surface area (Å²) in [5.41, 5.74) is 0.835. The SMILES string of the molecule is COc1ccc(-c2nc(C(=O)N[C@@H](c3nc(-c4ncn[nH]4)no3)C(C)(C)C)cs2)cc1. The van der Waals surface area contributed by atoms with Crippen molar-refractivity contribution in [2.45, 2.75) is 26.8 Å². The average molecular weight is 440 g/mol. The molecule has 3 aromatic heterocycles. The fourth-order valence-electron chi connectivity index (χ4n) is 2.86. The normalized spacial score (nSPS) is 12.5. The molecule has 0 radical (unpaired) electrons. The van der Waals surface area contributed by atoms with Gasteiger partial charge in [0.2, 0.25) is 11.7 Å². The van der Waals surface area contributed by atoms with E-state index < -0.39 is 11.5 Å². The molecule has 4 aromatic rings. The standard InChI is InChI=1S/C20H21N7O3S/c1-20(2,3)14(18-25-16(27-30-18)15-21-10-22-26-15)24-17(28)13-9-31-19(23-13)11-5-7-12(29-4)8-6-11/h5-10,14H,1-4H3,(H,24,28)(H,21,22,26)/t14-/m0/s1. The Hall–Kier alpha value is -3.60. The van der Waals surface area contributed by atoms with Crippen molar-refractivity contribution in [3.05, 3.63) is 47.6 Å². The first kappa shape index (κ1) is 20.7. The number of amides is 1. The predicted molar refractivity (Wildman–Crippen MR) is 113 cm³/mol. The summed E-state index contributed by atoms with van der Waals surface area (Å²) in [5.74, 6) is 1.37. The molecule has 0 spiro atoms. The molecule has 0 aliphatic carbocycles. The van der Waals surface area contributed by atoms with E-state index in [0.717, 1.165) is 16.3 Å². The fourth-order valence-corrected chi connectivity index (χ4v) is 3.67. The highest BCUT2D eigenvalue weighted by atomic mass is 32.1. The monoisotopic (exact) mass is 439 g/mol. The van der Waals surface area contributed by atoms with Crippen LogP contribution in [0.2, 0.25) is 0 Å². The lowest BCUT2D eigenvalue weighted by molar-refractivity contribution is 0.0876. The number of methoxy groups -OCH3 is 1. The first-order valence-electron chi connectivity index (χ1n) is 9.45. The van der Waals surface area contributed by atoms with Crippen molar-refractivity contribution in [1.82, 2.24) is 35.6 Å². The molecule has 11 heteroatoms. The van der Waals surface area contributed by atoms with Crippen LogP contribution in [0.1, 0.15) is 43.2 Å². The van der Waals surface area contributed by atoms with E-state index in [4.69, 9.17) is 9.26 Å². The maximum absolute atomic E-state index is 13.0. The number of ether oxygens (including phenoxy) is 1. The van der Waals surface area contributed by atoms with Crippen LogP contribution >= 0.6 is 11.3 Å². The number of aromatic amines is 1. The first-order valence-corrected chi connectivity index (χ1v) is 10.3. The Morgan fingerprint density at radius 3 is 2.65 bits per heavy atom. The second-order valence-electron chi connectivity index (χ2n) is 7.83. The summed E-state index contributed by atoms with van der Waals surface area (Å²) in [6.07, 6.45) is 1.36. The van der Waals surface area contributed by atoms with Gasteiger partial charge in [-0.05, 0) is 29.7 Å². The van der Waals surface area contributed by atoms with Crippen molar-refractivity contribution in [1.29, 1.82) is 0 Å². The Labute approximate surface area is 182 Å². The molecule has 0 saturated carbocycles. The molecule has 0 aliphatic heterocycles. The number of rotatable bonds is 6. The van der Waals surface area contributed by atoms with Gasteiger partial charge in [-0.1, -0.05) is 25.9 Å². The predicted octanol–water partition coefficient (Wildman–Crippen LogP) is 3.50. The van der Waals surface area contributed by atoms with Crippen LogP contribution in [-0.2, 0) is 0 Å². The van der Waals surface area contributed by atoms with Crippen molar-refractivity contribution in [3.8, 4) is 28.0 Å². The number of nitrogens with one attached hydrogen (secondary N) is 2. The first-order chi connectivity index (χ1) is 14.8.